The van der Waals surface area contributed by atoms with E-state index >= 15 is 0 Å². The average molecular weight is 620 g/mol. The predicted octanol–water partition coefficient (Wildman–Crippen LogP) is 4.53. The molecule has 0 spiro atoms. The molecule has 3 aromatic rings. The van der Waals surface area contributed by atoms with Crippen LogP contribution in [0, 0.1) is 0 Å². The number of sulfonamides is 1. The lowest BCUT2D eigenvalue weighted by Crippen LogP contribution is -2.30. The van der Waals surface area contributed by atoms with E-state index in [0.717, 1.165) is 16.4 Å². The van der Waals surface area contributed by atoms with E-state index in [2.05, 4.69) is 15.9 Å². The first kappa shape index (κ1) is 28.9. The molecule has 0 amide bonds. The smallest absolute Gasteiger partial charge is 0.399 e. The molecule has 0 bridgehead atoms. The zero-order valence-electron chi connectivity index (χ0n) is 18.9. The van der Waals surface area contributed by atoms with Gasteiger partial charge in [-0.15, -0.1) is 0 Å². The number of carboxylic acids is 1. The molecule has 0 aliphatic rings. The molecule has 0 saturated heterocycles. The Hall–Kier alpha value is -2.67. The summed E-state index contributed by atoms with van der Waals surface area (Å²) in [6.07, 6.45) is 0. The summed E-state index contributed by atoms with van der Waals surface area (Å²) in [6, 6.07) is 16.5. The first-order valence-electron chi connectivity index (χ1n) is 10.4. The third-order valence-electron chi connectivity index (χ3n) is 5.12. The van der Waals surface area contributed by atoms with E-state index in [0.29, 0.717) is 11.1 Å². The Bertz CT molecular complexity index is 1420. The second-order valence-corrected chi connectivity index (χ2v) is 12.3. The van der Waals surface area contributed by atoms with Crippen molar-refractivity contribution in [3.63, 3.8) is 0 Å². The number of rotatable bonds is 11. The summed E-state index contributed by atoms with van der Waals surface area (Å²) in [7, 11) is -9.92. The van der Waals surface area contributed by atoms with Crippen LogP contribution in [0.25, 0.3) is 0 Å². The molecule has 14 heteroatoms. The zero-order chi connectivity index (χ0) is 27.4. The van der Waals surface area contributed by atoms with E-state index in [4.69, 9.17) is 19.6 Å². The maximum Gasteiger partial charge on any atom is 0.399 e. The minimum absolute atomic E-state index is 0.0710. The fourth-order valence-corrected chi connectivity index (χ4v) is 5.82. The molecular weight excluding hydrogens is 599 g/mol. The molecule has 3 aromatic carbocycles. The molecule has 0 atom stereocenters. The number of carboxylic acid groups (broad SMARTS) is 1. The minimum atomic E-state index is -5.75. The van der Waals surface area contributed by atoms with Crippen LogP contribution in [0.2, 0.25) is 0 Å². The topological polar surface area (TPSA) is 141 Å². The van der Waals surface area contributed by atoms with Gasteiger partial charge in [0.15, 0.2) is 6.61 Å². The standard InChI is InChI=1S/C23H21BrF2NO8PS/c24-20-12-19(10-11-21(20)35-15-22(28)29)37(33,34)27(13-16-4-2-1-3-5-16)14-17-6-8-18(9-7-17)23(25,26)36(30,31)32/h1-12H,13-15H2,(H,28,29)(H2,30,31,32). The Morgan fingerprint density at radius 1 is 0.973 bits per heavy atom. The highest BCUT2D eigenvalue weighted by molar-refractivity contribution is 9.10. The Labute approximate surface area is 219 Å². The zero-order valence-corrected chi connectivity index (χ0v) is 22.2. The highest BCUT2D eigenvalue weighted by Gasteiger charge is 2.50. The van der Waals surface area contributed by atoms with Gasteiger partial charge >= 0.3 is 19.2 Å². The Balaban J connectivity index is 1.94. The molecule has 0 radical (unpaired) electrons. The molecule has 9 nitrogen and oxygen atoms in total. The van der Waals surface area contributed by atoms with Gasteiger partial charge in [-0.1, -0.05) is 54.6 Å². The van der Waals surface area contributed by atoms with Crippen LogP contribution in [0.5, 0.6) is 5.75 Å². The molecule has 0 fully saturated rings. The summed E-state index contributed by atoms with van der Waals surface area (Å²) in [5, 5.41) is 8.78. The number of alkyl halides is 2. The Morgan fingerprint density at radius 2 is 1.54 bits per heavy atom. The molecule has 0 aliphatic heterocycles. The number of hydrogen-bond donors (Lipinski definition) is 3. The van der Waals surface area contributed by atoms with E-state index in [9.17, 15) is 26.6 Å². The summed E-state index contributed by atoms with van der Waals surface area (Å²) in [5.41, 5.74) is -4.35. The van der Waals surface area contributed by atoms with E-state index < -0.39 is 41.4 Å². The fourth-order valence-electron chi connectivity index (χ4n) is 3.24. The highest BCUT2D eigenvalue weighted by Crippen LogP contribution is 2.59. The maximum atomic E-state index is 14.0. The monoisotopic (exact) mass is 619 g/mol. The molecule has 0 aromatic heterocycles. The van der Waals surface area contributed by atoms with Gasteiger partial charge in [0, 0.05) is 18.7 Å². The van der Waals surface area contributed by atoms with Crippen molar-refractivity contribution in [2.45, 2.75) is 23.6 Å². The van der Waals surface area contributed by atoms with Crippen molar-refractivity contribution in [3.8, 4) is 5.75 Å². The number of benzene rings is 3. The molecule has 0 unspecified atom stereocenters. The lowest BCUT2D eigenvalue weighted by Gasteiger charge is -2.23. The van der Waals surface area contributed by atoms with E-state index in [1.807, 2.05) is 0 Å². The van der Waals surface area contributed by atoms with Crippen molar-refractivity contribution in [1.29, 1.82) is 0 Å². The number of nitrogens with zero attached hydrogens (tertiary/aromatic N) is 1. The lowest BCUT2D eigenvalue weighted by atomic mass is 10.1. The van der Waals surface area contributed by atoms with Gasteiger partial charge in [0.05, 0.1) is 9.37 Å². The fraction of sp³-hybridized carbons (Fsp3) is 0.174. The van der Waals surface area contributed by atoms with Gasteiger partial charge < -0.3 is 19.6 Å². The largest absolute Gasteiger partial charge is 0.481 e. The number of halogens is 3. The third-order valence-corrected chi connectivity index (χ3v) is 8.52. The number of aliphatic carboxylic acids is 1. The quantitative estimate of drug-likeness (QED) is 0.266. The van der Waals surface area contributed by atoms with Crippen LogP contribution in [0.3, 0.4) is 0 Å². The first-order chi connectivity index (χ1) is 17.2. The van der Waals surface area contributed by atoms with Crippen LogP contribution >= 0.6 is 23.5 Å². The molecule has 0 heterocycles. The summed E-state index contributed by atoms with van der Waals surface area (Å²) in [4.78, 5) is 28.5. The van der Waals surface area contributed by atoms with Gasteiger partial charge in [0.25, 0.3) is 0 Å². The Kier molecular flexibility index (Phi) is 8.89. The maximum absolute atomic E-state index is 14.0. The van der Waals surface area contributed by atoms with Crippen LogP contribution < -0.4 is 4.74 Å². The van der Waals surface area contributed by atoms with Gasteiger partial charge in [-0.25, -0.2) is 13.2 Å². The Morgan fingerprint density at radius 3 is 2.05 bits per heavy atom. The van der Waals surface area contributed by atoms with Crippen molar-refractivity contribution in [1.82, 2.24) is 4.31 Å². The molecule has 0 aliphatic carbocycles. The van der Waals surface area contributed by atoms with E-state index in [1.165, 1.54) is 30.3 Å². The summed E-state index contributed by atoms with van der Waals surface area (Å²) in [5.74, 6) is -1.08. The summed E-state index contributed by atoms with van der Waals surface area (Å²) >= 11 is 3.18. The number of carbonyl (C=O) groups is 1. The summed E-state index contributed by atoms with van der Waals surface area (Å²) < 4.78 is 72.7. The highest BCUT2D eigenvalue weighted by atomic mass is 79.9. The minimum Gasteiger partial charge on any atom is -0.481 e. The van der Waals surface area contributed by atoms with Crippen molar-refractivity contribution in [3.05, 3.63) is 94.0 Å². The van der Waals surface area contributed by atoms with E-state index in [1.54, 1.807) is 30.3 Å². The van der Waals surface area contributed by atoms with Gasteiger partial charge in [-0.2, -0.15) is 13.1 Å². The van der Waals surface area contributed by atoms with Crippen LogP contribution in [0.1, 0.15) is 16.7 Å². The third kappa shape index (κ3) is 7.01. The SMILES string of the molecule is O=C(O)COc1ccc(S(=O)(=O)N(Cc2ccccc2)Cc2ccc(C(F)(F)P(=O)(O)O)cc2)cc1Br. The van der Waals surface area contributed by atoms with Gasteiger partial charge in [0.2, 0.25) is 10.0 Å². The molecule has 0 saturated carbocycles. The van der Waals surface area contributed by atoms with Gasteiger partial charge in [-0.3, -0.25) is 4.57 Å². The van der Waals surface area contributed by atoms with Crippen LogP contribution in [0.15, 0.2) is 82.2 Å². The molecular formula is C23H21BrF2NO8PS. The second kappa shape index (κ2) is 11.4. The number of ether oxygens (including phenoxy) is 1. The van der Waals surface area contributed by atoms with Crippen LogP contribution in [-0.2, 0) is 38.1 Å². The normalized spacial score (nSPS) is 12.5. The van der Waals surface area contributed by atoms with Crippen molar-refractivity contribution < 1.29 is 46.2 Å². The predicted molar refractivity (Wildman–Crippen MR) is 133 cm³/mol. The van der Waals surface area contributed by atoms with Crippen molar-refractivity contribution in [2.24, 2.45) is 0 Å². The molecule has 3 rings (SSSR count). The molecule has 37 heavy (non-hydrogen) atoms. The molecule has 3 N–H and O–H groups in total. The second-order valence-electron chi connectivity index (χ2n) is 7.82. The average Bonchev–Trinajstić information content (AvgIpc) is 2.83. The summed E-state index contributed by atoms with van der Waals surface area (Å²) in [6.45, 7) is -0.936. The van der Waals surface area contributed by atoms with E-state index in [-0.39, 0.29) is 28.2 Å². The first-order valence-corrected chi connectivity index (χ1v) is 14.3. The lowest BCUT2D eigenvalue weighted by molar-refractivity contribution is -0.139. The van der Waals surface area contributed by atoms with Gasteiger partial charge in [-0.05, 0) is 45.3 Å². The van der Waals surface area contributed by atoms with Gasteiger partial charge in [0.1, 0.15) is 5.75 Å². The van der Waals surface area contributed by atoms with Crippen molar-refractivity contribution in [2.75, 3.05) is 6.61 Å². The van der Waals surface area contributed by atoms with Crippen LogP contribution in [0.4, 0.5) is 8.78 Å². The van der Waals surface area contributed by atoms with Crippen LogP contribution in [-0.4, -0.2) is 40.2 Å². The number of hydrogen-bond acceptors (Lipinski definition) is 5. The van der Waals surface area contributed by atoms with Crippen molar-refractivity contribution >= 4 is 39.5 Å². The molecule has 198 valence electrons.